The molecule has 0 spiro atoms. The van der Waals surface area contributed by atoms with Gasteiger partial charge in [0.15, 0.2) is 0 Å². The van der Waals surface area contributed by atoms with Gasteiger partial charge in [0.1, 0.15) is 4.60 Å². The molecule has 0 atom stereocenters. The quantitative estimate of drug-likeness (QED) is 0.726. The van der Waals surface area contributed by atoms with Gasteiger partial charge in [-0.2, -0.15) is 10.4 Å². The molecule has 0 N–H and O–H groups in total. The minimum Gasteiger partial charge on any atom is -0.257 e. The van der Waals surface area contributed by atoms with E-state index in [4.69, 9.17) is 5.26 Å². The van der Waals surface area contributed by atoms with Gasteiger partial charge in [0, 0.05) is 0 Å². The maximum absolute atomic E-state index is 8.25. The molecule has 0 saturated carbocycles. The lowest BCUT2D eigenvalue weighted by Gasteiger charge is -1.96. The molecule has 1 heterocycles. The van der Waals surface area contributed by atoms with Gasteiger partial charge in [0.2, 0.25) is 0 Å². The Labute approximate surface area is 67.4 Å². The molecule has 0 amide bonds. The molecule has 10 heavy (non-hydrogen) atoms. The van der Waals surface area contributed by atoms with Crippen molar-refractivity contribution < 1.29 is 0 Å². The molecule has 0 radical (unpaired) electrons. The summed E-state index contributed by atoms with van der Waals surface area (Å²) < 4.78 is 2.66. The molecule has 0 aromatic carbocycles. The first-order valence-corrected chi connectivity index (χ1v) is 3.68. The van der Waals surface area contributed by atoms with Crippen LogP contribution in [0.25, 0.3) is 0 Å². The van der Waals surface area contributed by atoms with Crippen molar-refractivity contribution in [2.75, 3.05) is 0 Å². The van der Waals surface area contributed by atoms with E-state index in [-0.39, 0.29) is 0 Å². The smallest absolute Gasteiger partial charge is 0.104 e. The van der Waals surface area contributed by atoms with E-state index in [2.05, 4.69) is 27.1 Å². The van der Waals surface area contributed by atoms with Gasteiger partial charge in [-0.3, -0.25) is 4.68 Å². The van der Waals surface area contributed by atoms with E-state index < -0.39 is 0 Å². The zero-order chi connectivity index (χ0) is 7.40. The number of halogens is 1. The maximum Gasteiger partial charge on any atom is 0.104 e. The number of aryl methyl sites for hydroxylation is 1. The Morgan fingerprint density at radius 1 is 1.80 bits per heavy atom. The van der Waals surface area contributed by atoms with Crippen molar-refractivity contribution in [3.8, 4) is 6.07 Å². The highest BCUT2D eigenvalue weighted by Gasteiger charge is 1.95. The number of nitriles is 1. The van der Waals surface area contributed by atoms with Crippen molar-refractivity contribution in [2.45, 2.75) is 13.0 Å². The minimum atomic E-state index is 0.500. The fourth-order valence-electron chi connectivity index (χ4n) is 0.637. The lowest BCUT2D eigenvalue weighted by molar-refractivity contribution is 0.615. The normalized spacial score (nSPS) is 9.20. The summed E-state index contributed by atoms with van der Waals surface area (Å²) in [5, 5.41) is 12.2. The van der Waals surface area contributed by atoms with Crippen LogP contribution in [0.4, 0.5) is 0 Å². The summed E-state index contributed by atoms with van der Waals surface area (Å²) in [7, 11) is 0. The van der Waals surface area contributed by atoms with Crippen LogP contribution in [-0.2, 0) is 6.54 Å². The molecule has 0 aliphatic carbocycles. The van der Waals surface area contributed by atoms with Crippen LogP contribution in [0.15, 0.2) is 16.9 Å². The first kappa shape index (κ1) is 7.29. The van der Waals surface area contributed by atoms with Gasteiger partial charge < -0.3 is 0 Å². The van der Waals surface area contributed by atoms with E-state index in [0.717, 1.165) is 4.60 Å². The van der Waals surface area contributed by atoms with Crippen LogP contribution in [-0.4, -0.2) is 9.78 Å². The Bertz CT molecular complexity index is 248. The van der Waals surface area contributed by atoms with Crippen LogP contribution < -0.4 is 0 Å². The Hall–Kier alpha value is -0.820. The molecular formula is C6H6BrN3. The molecule has 1 rings (SSSR count). The third-order valence-corrected chi connectivity index (χ3v) is 1.77. The average Bonchev–Trinajstić information content (AvgIpc) is 2.31. The molecule has 1 aromatic heterocycles. The van der Waals surface area contributed by atoms with Gasteiger partial charge in [0.25, 0.3) is 0 Å². The van der Waals surface area contributed by atoms with Gasteiger partial charge in [-0.05, 0) is 22.0 Å². The van der Waals surface area contributed by atoms with Crippen molar-refractivity contribution >= 4 is 15.9 Å². The number of hydrogen-bond donors (Lipinski definition) is 0. The zero-order valence-electron chi connectivity index (χ0n) is 5.29. The Balaban J connectivity index is 2.59. The number of rotatable bonds is 2. The molecule has 3 nitrogen and oxygen atoms in total. The first-order valence-electron chi connectivity index (χ1n) is 2.89. The van der Waals surface area contributed by atoms with Crippen molar-refractivity contribution in [3.63, 3.8) is 0 Å². The second-order valence-electron chi connectivity index (χ2n) is 1.79. The fraction of sp³-hybridized carbons (Fsp3) is 0.333. The molecule has 52 valence electrons. The van der Waals surface area contributed by atoms with Gasteiger partial charge in [-0.15, -0.1) is 0 Å². The summed E-state index contributed by atoms with van der Waals surface area (Å²) in [6.07, 6.45) is 2.20. The highest BCUT2D eigenvalue weighted by Crippen LogP contribution is 2.07. The van der Waals surface area contributed by atoms with Crippen LogP contribution in [0, 0.1) is 11.3 Å². The Morgan fingerprint density at radius 2 is 2.60 bits per heavy atom. The number of nitrogens with zero attached hydrogens (tertiary/aromatic N) is 3. The average molecular weight is 200 g/mol. The van der Waals surface area contributed by atoms with Gasteiger partial charge in [0.05, 0.1) is 25.2 Å². The van der Waals surface area contributed by atoms with Crippen LogP contribution in [0.5, 0.6) is 0 Å². The highest BCUT2D eigenvalue weighted by molar-refractivity contribution is 9.10. The summed E-state index contributed by atoms with van der Waals surface area (Å²) in [4.78, 5) is 0. The number of aromatic nitrogens is 2. The van der Waals surface area contributed by atoms with Crippen molar-refractivity contribution in [1.82, 2.24) is 9.78 Å². The van der Waals surface area contributed by atoms with Crippen molar-refractivity contribution in [2.24, 2.45) is 0 Å². The van der Waals surface area contributed by atoms with Gasteiger partial charge in [-0.1, -0.05) is 0 Å². The molecule has 1 aromatic rings. The van der Waals surface area contributed by atoms with E-state index in [9.17, 15) is 0 Å². The third-order valence-electron chi connectivity index (χ3n) is 1.10. The van der Waals surface area contributed by atoms with Gasteiger partial charge in [-0.25, -0.2) is 0 Å². The second kappa shape index (κ2) is 3.37. The molecule has 4 heteroatoms. The van der Waals surface area contributed by atoms with E-state index in [1.54, 1.807) is 10.9 Å². The largest absolute Gasteiger partial charge is 0.257 e. The van der Waals surface area contributed by atoms with E-state index in [1.165, 1.54) is 0 Å². The first-order chi connectivity index (χ1) is 4.84. The predicted molar refractivity (Wildman–Crippen MR) is 40.2 cm³/mol. The van der Waals surface area contributed by atoms with Crippen LogP contribution in [0.2, 0.25) is 0 Å². The van der Waals surface area contributed by atoms with E-state index in [1.807, 2.05) is 6.07 Å². The van der Waals surface area contributed by atoms with Gasteiger partial charge >= 0.3 is 0 Å². The minimum absolute atomic E-state index is 0.500. The standard InChI is InChI=1S/C6H6BrN3/c7-6-2-4-9-10(6)5-1-3-8/h2,4H,1,5H2. The van der Waals surface area contributed by atoms with E-state index in [0.29, 0.717) is 13.0 Å². The molecule has 0 bridgehead atoms. The summed E-state index contributed by atoms with van der Waals surface area (Å²) in [6.45, 7) is 0.657. The molecule has 0 saturated heterocycles. The molecular weight excluding hydrogens is 194 g/mol. The van der Waals surface area contributed by atoms with Crippen molar-refractivity contribution in [3.05, 3.63) is 16.9 Å². The van der Waals surface area contributed by atoms with E-state index >= 15 is 0 Å². The molecule has 0 aliphatic heterocycles. The predicted octanol–water partition coefficient (Wildman–Crippen LogP) is 1.56. The molecule has 0 aliphatic rings. The van der Waals surface area contributed by atoms with Crippen LogP contribution in [0.3, 0.4) is 0 Å². The lowest BCUT2D eigenvalue weighted by Crippen LogP contribution is -1.98. The van der Waals surface area contributed by atoms with Crippen LogP contribution in [0.1, 0.15) is 6.42 Å². The molecule has 0 unspecified atom stereocenters. The Kier molecular flexibility index (Phi) is 2.46. The number of hydrogen-bond acceptors (Lipinski definition) is 2. The summed E-state index contributed by atoms with van der Waals surface area (Å²) in [5.41, 5.74) is 0. The Morgan fingerprint density at radius 3 is 3.10 bits per heavy atom. The second-order valence-corrected chi connectivity index (χ2v) is 2.60. The zero-order valence-corrected chi connectivity index (χ0v) is 6.87. The van der Waals surface area contributed by atoms with Crippen LogP contribution >= 0.6 is 15.9 Å². The topological polar surface area (TPSA) is 41.6 Å². The summed E-state index contributed by atoms with van der Waals surface area (Å²) >= 11 is 3.29. The lowest BCUT2D eigenvalue weighted by atomic mass is 10.5. The van der Waals surface area contributed by atoms with Crippen molar-refractivity contribution in [1.29, 1.82) is 5.26 Å². The molecule has 0 fully saturated rings. The highest BCUT2D eigenvalue weighted by atomic mass is 79.9. The summed E-state index contributed by atoms with van der Waals surface area (Å²) in [6, 6.07) is 3.90. The maximum atomic E-state index is 8.25. The summed E-state index contributed by atoms with van der Waals surface area (Å²) in [5.74, 6) is 0. The fourth-order valence-corrected chi connectivity index (χ4v) is 1.02. The third kappa shape index (κ3) is 1.58. The monoisotopic (exact) mass is 199 g/mol. The SMILES string of the molecule is N#CCCn1nccc1Br.